The summed E-state index contributed by atoms with van der Waals surface area (Å²) in [4.78, 5) is 14.8. The first-order chi connectivity index (χ1) is 12.2. The zero-order valence-corrected chi connectivity index (χ0v) is 16.8. The Kier molecular flexibility index (Phi) is 20.9. The number of rotatable bonds is 12. The van der Waals surface area contributed by atoms with Gasteiger partial charge in [0.2, 0.25) is 0 Å². The van der Waals surface area contributed by atoms with Crippen LogP contribution in [0, 0.1) is 0 Å². The Hall–Kier alpha value is -1.66. The number of ketones is 1. The van der Waals surface area contributed by atoms with Crippen LogP contribution in [0.5, 0.6) is 5.75 Å². The van der Waals surface area contributed by atoms with Crippen molar-refractivity contribution in [3.8, 4) is 5.75 Å². The Labute approximate surface area is 153 Å². The normalized spacial score (nSPS) is 9.20. The minimum atomic E-state index is 0.0466. The van der Waals surface area contributed by atoms with E-state index in [0.717, 1.165) is 24.4 Å². The van der Waals surface area contributed by atoms with Crippen molar-refractivity contribution < 1.29 is 19.0 Å². The third-order valence-electron chi connectivity index (χ3n) is 2.58. The van der Waals surface area contributed by atoms with E-state index in [-0.39, 0.29) is 12.4 Å². The molecule has 1 heterocycles. The van der Waals surface area contributed by atoms with Gasteiger partial charge >= 0.3 is 0 Å². The highest BCUT2D eigenvalue weighted by Gasteiger charge is 1.96. The molecule has 6 nitrogen and oxygen atoms in total. The summed E-state index contributed by atoms with van der Waals surface area (Å²) in [5.74, 6) is 1.62. The summed E-state index contributed by atoms with van der Waals surface area (Å²) in [6, 6.07) is 3.75. The predicted octanol–water partition coefficient (Wildman–Crippen LogP) is 3.96. The van der Waals surface area contributed by atoms with Crippen LogP contribution in [0.4, 0.5) is 5.82 Å². The van der Waals surface area contributed by atoms with Crippen LogP contribution >= 0.6 is 0 Å². The number of hydrogen-bond acceptors (Lipinski definition) is 6. The Morgan fingerprint density at radius 3 is 2.12 bits per heavy atom. The van der Waals surface area contributed by atoms with Crippen molar-refractivity contribution in [1.29, 1.82) is 0 Å². The van der Waals surface area contributed by atoms with Gasteiger partial charge in [0.25, 0.3) is 0 Å². The van der Waals surface area contributed by atoms with Gasteiger partial charge in [-0.25, -0.2) is 4.98 Å². The summed E-state index contributed by atoms with van der Waals surface area (Å²) in [6.45, 7) is 12.1. The highest BCUT2D eigenvalue weighted by atomic mass is 16.5. The molecule has 0 radical (unpaired) electrons. The van der Waals surface area contributed by atoms with Gasteiger partial charge in [-0.05, 0) is 25.5 Å². The number of nitrogens with one attached hydrogen (secondary N) is 1. The van der Waals surface area contributed by atoms with Gasteiger partial charge in [0.05, 0.1) is 12.8 Å². The van der Waals surface area contributed by atoms with Gasteiger partial charge < -0.3 is 19.5 Å². The van der Waals surface area contributed by atoms with Crippen LogP contribution in [0.2, 0.25) is 0 Å². The lowest BCUT2D eigenvalue weighted by Gasteiger charge is -2.07. The molecule has 0 aromatic carbocycles. The first-order valence-electron chi connectivity index (χ1n) is 9.14. The summed E-state index contributed by atoms with van der Waals surface area (Å²) in [5.41, 5.74) is 0. The molecule has 6 heteroatoms. The summed E-state index contributed by atoms with van der Waals surface area (Å²) in [5, 5.41) is 2.95. The van der Waals surface area contributed by atoms with Crippen LogP contribution in [-0.2, 0) is 14.3 Å². The van der Waals surface area contributed by atoms with Crippen LogP contribution in [0.3, 0.4) is 0 Å². The van der Waals surface area contributed by atoms with Crippen molar-refractivity contribution in [2.24, 2.45) is 0 Å². The number of hydrogen-bond donors (Lipinski definition) is 1. The Bertz CT molecular complexity index is 397. The Morgan fingerprint density at radius 1 is 1.00 bits per heavy atom. The number of pyridine rings is 1. The van der Waals surface area contributed by atoms with Gasteiger partial charge in [-0.3, -0.25) is 4.79 Å². The third-order valence-corrected chi connectivity index (χ3v) is 2.58. The molecule has 1 rings (SSSR count). The van der Waals surface area contributed by atoms with E-state index in [0.29, 0.717) is 26.4 Å². The van der Waals surface area contributed by atoms with Gasteiger partial charge in [-0.2, -0.15) is 0 Å². The molecule has 0 saturated heterocycles. The molecule has 1 N–H and O–H groups in total. The zero-order chi connectivity index (χ0) is 19.3. The second kappa shape index (κ2) is 20.4. The second-order valence-corrected chi connectivity index (χ2v) is 4.55. The maximum absolute atomic E-state index is 10.6. The van der Waals surface area contributed by atoms with Crippen molar-refractivity contribution in [2.45, 2.75) is 47.5 Å². The maximum Gasteiger partial charge on any atom is 0.155 e. The van der Waals surface area contributed by atoms with Gasteiger partial charge in [-0.1, -0.05) is 27.7 Å². The lowest BCUT2D eigenvalue weighted by molar-refractivity contribution is -0.121. The molecule has 0 atom stereocenters. The summed E-state index contributed by atoms with van der Waals surface area (Å²) < 4.78 is 16.1. The van der Waals surface area contributed by atoms with E-state index in [9.17, 15) is 4.79 Å². The van der Waals surface area contributed by atoms with Crippen LogP contribution in [0.1, 0.15) is 47.5 Å². The molecule has 1 aromatic heterocycles. The van der Waals surface area contributed by atoms with E-state index in [1.165, 1.54) is 6.92 Å². The van der Waals surface area contributed by atoms with Gasteiger partial charge in [-0.15, -0.1) is 0 Å². The summed E-state index contributed by atoms with van der Waals surface area (Å²) in [6.07, 6.45) is 3.31. The molecule has 0 bridgehead atoms. The average Bonchev–Trinajstić information content (AvgIpc) is 2.66. The van der Waals surface area contributed by atoms with Crippen molar-refractivity contribution in [3.05, 3.63) is 18.3 Å². The van der Waals surface area contributed by atoms with Gasteiger partial charge in [0.15, 0.2) is 5.78 Å². The number of Topliss-reactive ketones (excluding diaryl/α,β-unsaturated/α-hetero) is 1. The lowest BCUT2D eigenvalue weighted by atomic mass is 10.4. The van der Waals surface area contributed by atoms with Crippen molar-refractivity contribution in [1.82, 2.24) is 4.98 Å². The number of carbonyl (C=O) groups excluding carboxylic acids is 1. The molecule has 0 fully saturated rings. The van der Waals surface area contributed by atoms with E-state index in [2.05, 4.69) is 10.3 Å². The van der Waals surface area contributed by atoms with Gasteiger partial charge in [0.1, 0.15) is 18.2 Å². The van der Waals surface area contributed by atoms with Crippen molar-refractivity contribution >= 4 is 11.6 Å². The fourth-order valence-corrected chi connectivity index (χ4v) is 1.55. The molecule has 0 unspecified atom stereocenters. The molecule has 0 aliphatic carbocycles. The molecular weight excluding hydrogens is 320 g/mol. The first-order valence-corrected chi connectivity index (χ1v) is 9.14. The predicted molar refractivity (Wildman–Crippen MR) is 104 cm³/mol. The molecule has 0 aliphatic heterocycles. The average molecular weight is 357 g/mol. The van der Waals surface area contributed by atoms with Crippen LogP contribution in [0.25, 0.3) is 0 Å². The van der Waals surface area contributed by atoms with Gasteiger partial charge in [0, 0.05) is 33.3 Å². The molecular formula is C19H36N2O4. The quantitative estimate of drug-likeness (QED) is 0.572. The van der Waals surface area contributed by atoms with Crippen molar-refractivity contribution in [2.75, 3.05) is 45.4 Å². The van der Waals surface area contributed by atoms with Crippen LogP contribution < -0.4 is 10.1 Å². The van der Waals surface area contributed by atoms with E-state index in [4.69, 9.17) is 14.2 Å². The van der Waals surface area contributed by atoms with Crippen LogP contribution in [0.15, 0.2) is 18.3 Å². The minimum absolute atomic E-state index is 0.0466. The summed E-state index contributed by atoms with van der Waals surface area (Å²) >= 11 is 0. The summed E-state index contributed by atoms with van der Waals surface area (Å²) in [7, 11) is 1.82. The first kappa shape index (κ1) is 25.6. The standard InChI is InChI=1S/C15H24N2O4.2C2H6/c1-13(18)12-20-9-3-7-19-8-4-10-21-14-5-6-15(16-2)17-11-14;2*1-2/h5-6,11H,3-4,7-10,12H2,1-2H3,(H,16,17);2*1-2H3. The molecule has 25 heavy (non-hydrogen) atoms. The fourth-order valence-electron chi connectivity index (χ4n) is 1.55. The minimum Gasteiger partial charge on any atom is -0.492 e. The zero-order valence-electron chi connectivity index (χ0n) is 16.8. The molecule has 1 aromatic rings. The smallest absolute Gasteiger partial charge is 0.155 e. The topological polar surface area (TPSA) is 69.7 Å². The highest BCUT2D eigenvalue weighted by molar-refractivity contribution is 5.76. The maximum atomic E-state index is 10.6. The number of ether oxygens (including phenoxy) is 3. The SMILES string of the molecule is CC.CC.CNc1ccc(OCCCOCCCOCC(C)=O)cn1. The number of anilines is 1. The Morgan fingerprint density at radius 2 is 1.60 bits per heavy atom. The van der Waals surface area contributed by atoms with E-state index in [1.54, 1.807) is 6.20 Å². The number of carbonyl (C=O) groups is 1. The molecule has 0 spiro atoms. The van der Waals surface area contributed by atoms with Crippen molar-refractivity contribution in [3.63, 3.8) is 0 Å². The third kappa shape index (κ3) is 17.0. The van der Waals surface area contributed by atoms with Crippen LogP contribution in [-0.4, -0.2) is 50.8 Å². The molecule has 0 saturated carbocycles. The molecule has 0 amide bonds. The monoisotopic (exact) mass is 356 g/mol. The second-order valence-electron chi connectivity index (χ2n) is 4.55. The van der Waals surface area contributed by atoms with E-state index >= 15 is 0 Å². The molecule has 146 valence electrons. The number of aromatic nitrogens is 1. The lowest BCUT2D eigenvalue weighted by Crippen LogP contribution is -2.08. The largest absolute Gasteiger partial charge is 0.492 e. The molecule has 0 aliphatic rings. The fraction of sp³-hybridized carbons (Fsp3) is 0.684. The van der Waals surface area contributed by atoms with E-state index < -0.39 is 0 Å². The Balaban J connectivity index is 0. The highest BCUT2D eigenvalue weighted by Crippen LogP contribution is 2.11. The number of nitrogens with zero attached hydrogens (tertiary/aromatic N) is 1. The van der Waals surface area contributed by atoms with E-state index in [1.807, 2.05) is 46.9 Å².